The minimum atomic E-state index is -1.29. The Morgan fingerprint density at radius 2 is 1.51 bits per heavy atom. The first-order valence-corrected chi connectivity index (χ1v) is 19.5. The summed E-state index contributed by atoms with van der Waals surface area (Å²) in [5.74, 6) is 0.0571. The molecule has 7 nitrogen and oxygen atoms in total. The van der Waals surface area contributed by atoms with Crippen molar-refractivity contribution in [3.05, 3.63) is 59.2 Å². The van der Waals surface area contributed by atoms with Gasteiger partial charge in [-0.25, -0.2) is 4.79 Å². The second-order valence-corrected chi connectivity index (χ2v) is 16.0. The number of carboxylic acid groups (broad SMARTS) is 1. The van der Waals surface area contributed by atoms with E-state index < -0.39 is 23.5 Å². The third-order valence-corrected chi connectivity index (χ3v) is 10.7. The fourth-order valence-electron chi connectivity index (χ4n) is 7.53. The van der Waals surface area contributed by atoms with Crippen LogP contribution in [0.1, 0.15) is 126 Å². The van der Waals surface area contributed by atoms with Crippen molar-refractivity contribution < 1.29 is 43.1 Å². The van der Waals surface area contributed by atoms with E-state index in [0.29, 0.717) is 35.3 Å². The van der Waals surface area contributed by atoms with Crippen molar-refractivity contribution in [2.45, 2.75) is 135 Å². The molecule has 1 N–H and O–H groups in total. The fraction of sp³-hybridized carbons (Fsp3) is 0.625. The number of carboxylic acids is 1. The van der Waals surface area contributed by atoms with E-state index in [1.165, 1.54) is 76.0 Å². The van der Waals surface area contributed by atoms with Gasteiger partial charge in [0.05, 0.1) is 12.0 Å². The number of carbonyl (C=O) groups is 3. The maximum absolute atomic E-state index is 14.1. The number of ether oxygens (including phenoxy) is 1. The Labute approximate surface area is 311 Å². The number of hydrogen-bond acceptors (Lipinski definition) is 6. The molecule has 0 unspecified atom stereocenters. The van der Waals surface area contributed by atoms with Gasteiger partial charge in [-0.2, -0.15) is 11.8 Å². The SMILES string of the molecule is CSCC[C@H](NC(=O)c1ccc(CN(C(=O)OC(C)(C)C)C(CC2CCCCC2)CC2CCCCC2)cc1-c1ccccc1C)C(=O)[O-].[Li+]. The third kappa shape index (κ3) is 12.7. The number of amides is 2. The van der Waals surface area contributed by atoms with E-state index in [-0.39, 0.29) is 37.4 Å². The van der Waals surface area contributed by atoms with Crippen LogP contribution in [-0.2, 0) is 16.1 Å². The van der Waals surface area contributed by atoms with Crippen LogP contribution in [0.25, 0.3) is 11.1 Å². The number of nitrogens with one attached hydrogen (secondary N) is 1. The summed E-state index contributed by atoms with van der Waals surface area (Å²) in [6.45, 7) is 8.13. The summed E-state index contributed by atoms with van der Waals surface area (Å²) in [6, 6.07) is 12.6. The van der Waals surface area contributed by atoms with Gasteiger partial charge in [0, 0.05) is 18.2 Å². The largest absolute Gasteiger partial charge is 1.00 e. The molecule has 0 saturated heterocycles. The van der Waals surface area contributed by atoms with E-state index in [1.807, 2.05) is 75.2 Å². The molecule has 2 saturated carbocycles. The van der Waals surface area contributed by atoms with Crippen LogP contribution in [-0.4, -0.2) is 52.6 Å². The summed E-state index contributed by atoms with van der Waals surface area (Å²) in [4.78, 5) is 41.7. The number of aliphatic carboxylic acids is 1. The minimum Gasteiger partial charge on any atom is -0.548 e. The van der Waals surface area contributed by atoms with E-state index in [9.17, 15) is 19.5 Å². The van der Waals surface area contributed by atoms with Crippen molar-refractivity contribution in [1.82, 2.24) is 10.2 Å². The molecule has 0 radical (unpaired) electrons. The maximum Gasteiger partial charge on any atom is 1.00 e. The molecule has 0 aliphatic heterocycles. The van der Waals surface area contributed by atoms with Crippen molar-refractivity contribution in [2.24, 2.45) is 11.8 Å². The molecule has 2 aromatic carbocycles. The average Bonchev–Trinajstić information content (AvgIpc) is 3.05. The van der Waals surface area contributed by atoms with E-state index in [4.69, 9.17) is 4.74 Å². The Bertz CT molecular complexity index is 1350. The Hall–Kier alpha value is -2.40. The standard InChI is InChI=1S/C40H58N2O5S.Li/c1-28-14-12-13-19-33(28)35-26-31(20-21-34(35)37(43)41-36(38(44)45)22-23-48-5)27-42(39(46)47-40(2,3)4)32(24-29-15-8-6-9-16-29)25-30-17-10-7-11-18-30;/h12-14,19-21,26,29-30,32,36H,6-11,15-18,22-25,27H2,1-5H3,(H,41,43)(H,44,45);/q;+1/p-1/t36-;/m0./s1. The number of nitrogens with zero attached hydrogens (tertiary/aromatic N) is 1. The minimum absolute atomic E-state index is 0. The average molecular weight is 685 g/mol. The normalized spacial score (nSPS) is 16.4. The predicted molar refractivity (Wildman–Crippen MR) is 194 cm³/mol. The molecule has 0 bridgehead atoms. The quantitative estimate of drug-likeness (QED) is 0.271. The van der Waals surface area contributed by atoms with Crippen molar-refractivity contribution in [3.63, 3.8) is 0 Å². The molecule has 4 rings (SSSR count). The molecule has 0 aromatic heterocycles. The maximum atomic E-state index is 14.1. The van der Waals surface area contributed by atoms with Gasteiger partial charge < -0.3 is 24.9 Å². The van der Waals surface area contributed by atoms with Gasteiger partial charge >= 0.3 is 25.0 Å². The molecular formula is C40H57LiN2O5S. The number of aryl methyl sites for hydroxylation is 1. The number of hydrogen-bond donors (Lipinski definition) is 1. The van der Waals surface area contributed by atoms with Crippen LogP contribution in [0.15, 0.2) is 42.5 Å². The van der Waals surface area contributed by atoms with Crippen LogP contribution in [0.5, 0.6) is 0 Å². The topological polar surface area (TPSA) is 98.8 Å². The summed E-state index contributed by atoms with van der Waals surface area (Å²) < 4.78 is 6.09. The van der Waals surface area contributed by atoms with E-state index in [1.54, 1.807) is 6.07 Å². The van der Waals surface area contributed by atoms with Crippen LogP contribution in [0.4, 0.5) is 4.79 Å². The molecule has 0 heterocycles. The van der Waals surface area contributed by atoms with Crippen LogP contribution < -0.4 is 29.3 Å². The van der Waals surface area contributed by atoms with Crippen molar-refractivity contribution in [2.75, 3.05) is 12.0 Å². The van der Waals surface area contributed by atoms with Gasteiger partial charge in [-0.15, -0.1) is 0 Å². The van der Waals surface area contributed by atoms with Gasteiger partial charge in [-0.05, 0) is 105 Å². The molecule has 2 amide bonds. The van der Waals surface area contributed by atoms with Gasteiger partial charge in [0.1, 0.15) is 5.60 Å². The molecule has 2 aromatic rings. The van der Waals surface area contributed by atoms with Crippen molar-refractivity contribution in [1.29, 1.82) is 0 Å². The molecule has 2 fully saturated rings. The number of rotatable bonds is 14. The summed E-state index contributed by atoms with van der Waals surface area (Å²) in [6.07, 6.45) is 16.3. The zero-order valence-corrected chi connectivity index (χ0v) is 31.7. The van der Waals surface area contributed by atoms with Crippen LogP contribution in [0, 0.1) is 18.8 Å². The van der Waals surface area contributed by atoms with E-state index >= 15 is 0 Å². The monoisotopic (exact) mass is 684 g/mol. The van der Waals surface area contributed by atoms with Gasteiger partial charge in [-0.3, -0.25) is 4.79 Å². The molecule has 2 aliphatic rings. The molecule has 49 heavy (non-hydrogen) atoms. The van der Waals surface area contributed by atoms with Gasteiger partial charge in [0.15, 0.2) is 0 Å². The van der Waals surface area contributed by atoms with Gasteiger partial charge in [0.2, 0.25) is 0 Å². The van der Waals surface area contributed by atoms with Crippen molar-refractivity contribution >= 4 is 29.7 Å². The summed E-state index contributed by atoms with van der Waals surface area (Å²) in [5, 5.41) is 14.6. The first-order chi connectivity index (χ1) is 22.9. The Balaban J connectivity index is 0.00000650. The molecule has 264 valence electrons. The molecule has 1 atom stereocenters. The summed E-state index contributed by atoms with van der Waals surface area (Å²) >= 11 is 1.52. The Morgan fingerprint density at radius 3 is 2.04 bits per heavy atom. The van der Waals surface area contributed by atoms with E-state index in [2.05, 4.69) is 5.32 Å². The van der Waals surface area contributed by atoms with E-state index in [0.717, 1.165) is 29.5 Å². The second kappa shape index (κ2) is 19.8. The van der Waals surface area contributed by atoms with Crippen molar-refractivity contribution in [3.8, 4) is 11.1 Å². The zero-order chi connectivity index (χ0) is 34.7. The predicted octanol–water partition coefficient (Wildman–Crippen LogP) is 5.31. The molecule has 9 heteroatoms. The van der Waals surface area contributed by atoms with Gasteiger partial charge in [0.25, 0.3) is 5.91 Å². The van der Waals surface area contributed by atoms with Crippen LogP contribution in [0.3, 0.4) is 0 Å². The molecule has 0 spiro atoms. The number of thioether (sulfide) groups is 1. The Morgan fingerprint density at radius 1 is 0.918 bits per heavy atom. The number of benzene rings is 2. The molecule has 2 aliphatic carbocycles. The summed E-state index contributed by atoms with van der Waals surface area (Å²) in [5.41, 5.74) is 3.28. The Kier molecular flexibility index (Phi) is 16.6. The van der Waals surface area contributed by atoms with Gasteiger partial charge in [-0.1, -0.05) is 94.5 Å². The van der Waals surface area contributed by atoms with Crippen LogP contribution in [0.2, 0.25) is 0 Å². The first-order valence-electron chi connectivity index (χ1n) is 18.1. The second-order valence-electron chi connectivity index (χ2n) is 15.1. The number of carbonyl (C=O) groups excluding carboxylic acids is 3. The van der Waals surface area contributed by atoms with Crippen LogP contribution >= 0.6 is 11.8 Å². The smallest absolute Gasteiger partial charge is 0.548 e. The fourth-order valence-corrected chi connectivity index (χ4v) is 8.00. The third-order valence-electron chi connectivity index (χ3n) is 10.0. The molecular weight excluding hydrogens is 627 g/mol. The first kappa shape index (κ1) is 41.0. The zero-order valence-electron chi connectivity index (χ0n) is 30.9. The summed E-state index contributed by atoms with van der Waals surface area (Å²) in [7, 11) is 0.